The molecule has 204 valence electrons. The Morgan fingerprint density at radius 1 is 1.03 bits per heavy atom. The Bertz CT molecular complexity index is 1180. The third-order valence-electron chi connectivity index (χ3n) is 7.66. The van der Waals surface area contributed by atoms with Crippen LogP contribution in [-0.2, 0) is 4.74 Å². The number of methoxy groups -OCH3 is 1. The number of likely N-dealkylation sites (N-methyl/N-ethyl adjacent to an activating group) is 1. The second kappa shape index (κ2) is 11.2. The Morgan fingerprint density at radius 2 is 1.82 bits per heavy atom. The van der Waals surface area contributed by atoms with Crippen molar-refractivity contribution in [1.82, 2.24) is 9.80 Å². The predicted octanol–water partition coefficient (Wildman–Crippen LogP) is 3.88. The third kappa shape index (κ3) is 5.89. The smallest absolute Gasteiger partial charge is 0.257 e. The molecule has 1 saturated carbocycles. The van der Waals surface area contributed by atoms with Crippen LogP contribution in [0.1, 0.15) is 47.4 Å². The molecule has 0 saturated heterocycles. The Kier molecular flexibility index (Phi) is 7.76. The number of carbonyl (C=O) groups excluding carboxylic acids is 2. The summed E-state index contributed by atoms with van der Waals surface area (Å²) in [6, 6.07) is 10.4. The van der Waals surface area contributed by atoms with E-state index in [1.807, 2.05) is 0 Å². The molecule has 3 atom stereocenters. The van der Waals surface area contributed by atoms with Gasteiger partial charge in [-0.15, -0.1) is 0 Å². The molecule has 38 heavy (non-hydrogen) atoms. The molecule has 2 aliphatic heterocycles. The van der Waals surface area contributed by atoms with Crippen LogP contribution in [0.3, 0.4) is 0 Å². The van der Waals surface area contributed by atoms with Gasteiger partial charge in [0.1, 0.15) is 12.4 Å². The monoisotopic (exact) mass is 523 g/mol. The molecule has 2 amide bonds. The summed E-state index contributed by atoms with van der Waals surface area (Å²) >= 11 is 0. The molecule has 3 aliphatic rings. The number of carbonyl (C=O) groups is 2. The van der Waals surface area contributed by atoms with Crippen molar-refractivity contribution in [2.45, 2.75) is 38.8 Å². The lowest BCUT2D eigenvalue weighted by molar-refractivity contribution is 0.00994. The molecule has 1 N–H and O–H groups in total. The highest BCUT2D eigenvalue weighted by Crippen LogP contribution is 2.34. The van der Waals surface area contributed by atoms with Gasteiger partial charge in [-0.1, -0.05) is 6.92 Å². The van der Waals surface area contributed by atoms with Crippen LogP contribution in [-0.4, -0.2) is 81.0 Å². The Labute approximate surface area is 224 Å². The van der Waals surface area contributed by atoms with Gasteiger partial charge in [0.2, 0.25) is 6.79 Å². The summed E-state index contributed by atoms with van der Waals surface area (Å²) in [6.45, 7) is 7.32. The van der Waals surface area contributed by atoms with Crippen LogP contribution in [0.15, 0.2) is 36.4 Å². The number of fused-ring (bicyclic) bond motifs is 2. The van der Waals surface area contributed by atoms with Crippen LogP contribution in [0.4, 0.5) is 5.69 Å². The van der Waals surface area contributed by atoms with Crippen molar-refractivity contribution in [2.24, 2.45) is 11.8 Å². The van der Waals surface area contributed by atoms with Crippen LogP contribution >= 0.6 is 0 Å². The first-order chi connectivity index (χ1) is 18.3. The lowest BCUT2D eigenvalue weighted by Gasteiger charge is -2.36. The standard InChI is InChI=1S/C29H37N3O6/c1-18-13-32(14-20-5-6-20)19(2)16-36-25-12-22(8-9-23(25)29(34)31(3)15-27(18)35-4)30-28(33)21-7-10-24-26(11-21)38-17-37-24/h7-12,18-20,27H,5-6,13-17H2,1-4H3,(H,30,33)/t18-,19+,27+/m0/s1. The van der Waals surface area contributed by atoms with E-state index < -0.39 is 0 Å². The van der Waals surface area contributed by atoms with Crippen molar-refractivity contribution in [3.63, 3.8) is 0 Å². The van der Waals surface area contributed by atoms with Crippen LogP contribution < -0.4 is 19.5 Å². The van der Waals surface area contributed by atoms with E-state index in [4.69, 9.17) is 18.9 Å². The highest BCUT2D eigenvalue weighted by Gasteiger charge is 2.31. The molecule has 0 spiro atoms. The van der Waals surface area contributed by atoms with E-state index in [0.29, 0.717) is 47.2 Å². The fraction of sp³-hybridized carbons (Fsp3) is 0.517. The number of hydrogen-bond donors (Lipinski definition) is 1. The van der Waals surface area contributed by atoms with Crippen molar-refractivity contribution in [3.05, 3.63) is 47.5 Å². The van der Waals surface area contributed by atoms with Crippen LogP contribution in [0.25, 0.3) is 0 Å². The fourth-order valence-corrected chi connectivity index (χ4v) is 5.05. The zero-order valence-corrected chi connectivity index (χ0v) is 22.6. The van der Waals surface area contributed by atoms with Gasteiger partial charge in [-0.3, -0.25) is 14.5 Å². The maximum Gasteiger partial charge on any atom is 0.257 e. The molecule has 1 aliphatic carbocycles. The van der Waals surface area contributed by atoms with Crippen molar-refractivity contribution < 1.29 is 28.5 Å². The first-order valence-corrected chi connectivity index (χ1v) is 13.3. The maximum absolute atomic E-state index is 13.5. The second-order valence-electron chi connectivity index (χ2n) is 10.7. The average Bonchev–Trinajstić information content (AvgIpc) is 3.61. The van der Waals surface area contributed by atoms with Gasteiger partial charge in [0, 0.05) is 57.2 Å². The molecule has 0 unspecified atom stereocenters. The van der Waals surface area contributed by atoms with E-state index in [9.17, 15) is 9.59 Å². The summed E-state index contributed by atoms with van der Waals surface area (Å²) in [7, 11) is 3.50. The molecule has 5 rings (SSSR count). The molecular weight excluding hydrogens is 486 g/mol. The maximum atomic E-state index is 13.5. The minimum absolute atomic E-state index is 0.0816. The minimum atomic E-state index is -0.291. The number of rotatable bonds is 5. The summed E-state index contributed by atoms with van der Waals surface area (Å²) < 4.78 is 22.9. The molecule has 2 aromatic carbocycles. The normalized spacial score (nSPS) is 24.2. The zero-order chi connectivity index (χ0) is 26.8. The van der Waals surface area contributed by atoms with Gasteiger partial charge >= 0.3 is 0 Å². The van der Waals surface area contributed by atoms with E-state index in [0.717, 1.165) is 19.0 Å². The van der Waals surface area contributed by atoms with E-state index >= 15 is 0 Å². The number of ether oxygens (including phenoxy) is 4. The van der Waals surface area contributed by atoms with Gasteiger partial charge in [0.05, 0.1) is 11.7 Å². The minimum Gasteiger partial charge on any atom is -0.491 e. The van der Waals surface area contributed by atoms with E-state index in [1.165, 1.54) is 12.8 Å². The van der Waals surface area contributed by atoms with Gasteiger partial charge in [-0.2, -0.15) is 0 Å². The van der Waals surface area contributed by atoms with Gasteiger partial charge in [0.15, 0.2) is 11.5 Å². The fourth-order valence-electron chi connectivity index (χ4n) is 5.05. The van der Waals surface area contributed by atoms with E-state index in [-0.39, 0.29) is 36.7 Å². The number of benzene rings is 2. The molecule has 0 bridgehead atoms. The third-order valence-corrected chi connectivity index (χ3v) is 7.66. The van der Waals surface area contributed by atoms with Gasteiger partial charge in [0.25, 0.3) is 11.8 Å². The summed E-state index contributed by atoms with van der Waals surface area (Å²) in [4.78, 5) is 30.6. The lowest BCUT2D eigenvalue weighted by atomic mass is 10.0. The zero-order valence-electron chi connectivity index (χ0n) is 22.6. The Morgan fingerprint density at radius 3 is 2.58 bits per heavy atom. The van der Waals surface area contributed by atoms with Crippen molar-refractivity contribution in [2.75, 3.05) is 52.5 Å². The quantitative estimate of drug-likeness (QED) is 0.636. The molecule has 0 radical (unpaired) electrons. The topological polar surface area (TPSA) is 89.6 Å². The van der Waals surface area contributed by atoms with Crippen LogP contribution in [0.5, 0.6) is 17.2 Å². The average molecular weight is 524 g/mol. The summed E-state index contributed by atoms with van der Waals surface area (Å²) in [5.74, 6) is 2.17. The number of hydrogen-bond acceptors (Lipinski definition) is 7. The molecule has 0 aromatic heterocycles. The number of amides is 2. The first kappa shape index (κ1) is 26.3. The number of nitrogens with one attached hydrogen (secondary N) is 1. The summed E-state index contributed by atoms with van der Waals surface area (Å²) in [5, 5.41) is 2.92. The summed E-state index contributed by atoms with van der Waals surface area (Å²) in [6.07, 6.45) is 2.47. The Balaban J connectivity index is 1.39. The van der Waals surface area contributed by atoms with Gasteiger partial charge in [-0.25, -0.2) is 0 Å². The number of nitrogens with zero attached hydrogens (tertiary/aromatic N) is 2. The van der Waals surface area contributed by atoms with E-state index in [2.05, 4.69) is 24.1 Å². The Hall–Kier alpha value is -3.30. The second-order valence-corrected chi connectivity index (χ2v) is 10.7. The van der Waals surface area contributed by atoms with Gasteiger partial charge < -0.3 is 29.2 Å². The van der Waals surface area contributed by atoms with Gasteiger partial charge in [-0.05, 0) is 61.9 Å². The molecule has 1 fully saturated rings. The molecule has 2 aromatic rings. The lowest BCUT2D eigenvalue weighted by Crippen LogP contribution is -2.47. The number of anilines is 1. The van der Waals surface area contributed by atoms with E-state index in [1.54, 1.807) is 55.5 Å². The largest absolute Gasteiger partial charge is 0.491 e. The van der Waals surface area contributed by atoms with Crippen LogP contribution in [0.2, 0.25) is 0 Å². The highest BCUT2D eigenvalue weighted by molar-refractivity contribution is 6.05. The molecular formula is C29H37N3O6. The van der Waals surface area contributed by atoms with Crippen molar-refractivity contribution in [1.29, 1.82) is 0 Å². The molecule has 2 heterocycles. The van der Waals surface area contributed by atoms with Crippen molar-refractivity contribution in [3.8, 4) is 17.2 Å². The predicted molar refractivity (Wildman–Crippen MR) is 143 cm³/mol. The van der Waals surface area contributed by atoms with Crippen LogP contribution in [0, 0.1) is 11.8 Å². The highest BCUT2D eigenvalue weighted by atomic mass is 16.7. The summed E-state index contributed by atoms with van der Waals surface area (Å²) in [5.41, 5.74) is 1.44. The SMILES string of the molecule is CO[C@@H]1CN(C)C(=O)c2ccc(NC(=O)c3ccc4c(c3)OCO4)cc2OC[C@@H](C)N(CC2CC2)C[C@@H]1C. The first-order valence-electron chi connectivity index (χ1n) is 13.3. The molecule has 9 nitrogen and oxygen atoms in total. The van der Waals surface area contributed by atoms with Crippen molar-refractivity contribution >= 4 is 17.5 Å². The molecule has 9 heteroatoms.